The van der Waals surface area contributed by atoms with Crippen molar-refractivity contribution in [1.29, 1.82) is 0 Å². The highest BCUT2D eigenvalue weighted by atomic mass is 19.4. The number of hydrogen-bond donors (Lipinski definition) is 1. The average molecular weight is 255 g/mol. The molecule has 7 heteroatoms. The van der Waals surface area contributed by atoms with Crippen LogP contribution in [0.1, 0.15) is 17.0 Å². The van der Waals surface area contributed by atoms with E-state index >= 15 is 0 Å². The average Bonchev–Trinajstić information content (AvgIpc) is 2.97. The summed E-state index contributed by atoms with van der Waals surface area (Å²) in [5.41, 5.74) is 0.104. The molecule has 18 heavy (non-hydrogen) atoms. The van der Waals surface area contributed by atoms with E-state index in [0.29, 0.717) is 17.8 Å². The number of nitrogens with one attached hydrogen (secondary N) is 1. The molecule has 1 aliphatic heterocycles. The highest BCUT2D eigenvalue weighted by Crippen LogP contribution is 2.34. The zero-order valence-corrected chi connectivity index (χ0v) is 9.08. The summed E-state index contributed by atoms with van der Waals surface area (Å²) in [5.74, 6) is 0.0403. The zero-order chi connectivity index (χ0) is 12.8. The van der Waals surface area contributed by atoms with Gasteiger partial charge in [0, 0.05) is 18.7 Å². The maximum atomic E-state index is 12.9. The number of furan rings is 1. The predicted octanol–water partition coefficient (Wildman–Crippen LogP) is 2.36. The summed E-state index contributed by atoms with van der Waals surface area (Å²) in [6.07, 6.45) is -1.78. The maximum absolute atomic E-state index is 12.9. The molecule has 4 nitrogen and oxygen atoms in total. The zero-order valence-electron chi connectivity index (χ0n) is 9.08. The number of halogens is 3. The van der Waals surface area contributed by atoms with Crippen LogP contribution >= 0.6 is 0 Å². The molecule has 3 heterocycles. The Labute approximate surface area is 99.9 Å². The summed E-state index contributed by atoms with van der Waals surface area (Å²) in [6.45, 7) is 0.474. The lowest BCUT2D eigenvalue weighted by molar-refractivity contribution is -0.141. The molecular formula is C11H8F3N3O. The van der Waals surface area contributed by atoms with E-state index in [1.54, 1.807) is 0 Å². The smallest absolute Gasteiger partial charge is 0.433 e. The van der Waals surface area contributed by atoms with Crippen LogP contribution < -0.4 is 5.32 Å². The Kier molecular flexibility index (Phi) is 2.37. The lowest BCUT2D eigenvalue weighted by atomic mass is 10.1. The molecule has 0 bridgehead atoms. The van der Waals surface area contributed by atoms with Gasteiger partial charge in [-0.3, -0.25) is 0 Å². The second-order valence-electron chi connectivity index (χ2n) is 3.93. The molecule has 0 saturated heterocycles. The molecule has 0 amide bonds. The number of rotatable bonds is 1. The van der Waals surface area contributed by atoms with E-state index < -0.39 is 11.9 Å². The molecule has 94 valence electrons. The van der Waals surface area contributed by atoms with Crippen molar-refractivity contribution in [3.8, 4) is 11.4 Å². The molecule has 0 aromatic carbocycles. The standard InChI is InChI=1S/C11H8F3N3O/c12-11(13,14)9-7-3-15-4-8(7)16-10(17-9)6-1-2-18-5-6/h1-2,5,15H,3-4H2. The first-order valence-corrected chi connectivity index (χ1v) is 5.26. The van der Waals surface area contributed by atoms with Crippen molar-refractivity contribution in [3.05, 3.63) is 35.5 Å². The SMILES string of the molecule is FC(F)(F)c1nc(-c2ccoc2)nc2c1CNC2. The van der Waals surface area contributed by atoms with Crippen LogP contribution in [0.15, 0.2) is 23.0 Å². The lowest BCUT2D eigenvalue weighted by Crippen LogP contribution is -2.14. The van der Waals surface area contributed by atoms with E-state index in [1.165, 1.54) is 18.6 Å². The van der Waals surface area contributed by atoms with Gasteiger partial charge in [0.25, 0.3) is 0 Å². The summed E-state index contributed by atoms with van der Waals surface area (Å²) >= 11 is 0. The van der Waals surface area contributed by atoms with E-state index in [4.69, 9.17) is 4.42 Å². The minimum atomic E-state index is -4.47. The normalized spacial score (nSPS) is 14.8. The van der Waals surface area contributed by atoms with Gasteiger partial charge < -0.3 is 9.73 Å². The van der Waals surface area contributed by atoms with E-state index in [2.05, 4.69) is 15.3 Å². The summed E-state index contributed by atoms with van der Waals surface area (Å²) < 4.78 is 43.6. The Bertz CT molecular complexity index is 578. The van der Waals surface area contributed by atoms with Gasteiger partial charge in [-0.1, -0.05) is 0 Å². The quantitative estimate of drug-likeness (QED) is 0.849. The Morgan fingerprint density at radius 3 is 2.72 bits per heavy atom. The number of alkyl halides is 3. The van der Waals surface area contributed by atoms with E-state index in [-0.39, 0.29) is 17.9 Å². The molecule has 0 unspecified atom stereocenters. The largest absolute Gasteiger partial charge is 0.472 e. The fourth-order valence-corrected chi connectivity index (χ4v) is 1.92. The fourth-order valence-electron chi connectivity index (χ4n) is 1.92. The summed E-state index contributed by atoms with van der Waals surface area (Å²) in [7, 11) is 0. The Morgan fingerprint density at radius 1 is 1.22 bits per heavy atom. The van der Waals surface area contributed by atoms with Crippen molar-refractivity contribution in [2.45, 2.75) is 19.3 Å². The predicted molar refractivity (Wildman–Crippen MR) is 55.3 cm³/mol. The first-order valence-electron chi connectivity index (χ1n) is 5.26. The number of hydrogen-bond acceptors (Lipinski definition) is 4. The number of nitrogens with zero attached hydrogens (tertiary/aromatic N) is 2. The highest BCUT2D eigenvalue weighted by molar-refractivity contribution is 5.54. The molecule has 3 rings (SSSR count). The van der Waals surface area contributed by atoms with Crippen LogP contribution in [0.25, 0.3) is 11.4 Å². The van der Waals surface area contributed by atoms with Crippen LogP contribution in [0.5, 0.6) is 0 Å². The first-order chi connectivity index (χ1) is 8.55. The van der Waals surface area contributed by atoms with Gasteiger partial charge in [0.2, 0.25) is 0 Å². The van der Waals surface area contributed by atoms with Crippen molar-refractivity contribution in [2.24, 2.45) is 0 Å². The summed E-state index contributed by atoms with van der Waals surface area (Å²) in [5, 5.41) is 2.85. The third kappa shape index (κ3) is 1.76. The van der Waals surface area contributed by atoms with Crippen molar-refractivity contribution in [3.63, 3.8) is 0 Å². The van der Waals surface area contributed by atoms with Gasteiger partial charge in [-0.25, -0.2) is 9.97 Å². The maximum Gasteiger partial charge on any atom is 0.433 e. The topological polar surface area (TPSA) is 51.0 Å². The van der Waals surface area contributed by atoms with Gasteiger partial charge in [0.1, 0.15) is 6.26 Å². The highest BCUT2D eigenvalue weighted by Gasteiger charge is 2.38. The minimum Gasteiger partial charge on any atom is -0.472 e. The van der Waals surface area contributed by atoms with Gasteiger partial charge in [0.15, 0.2) is 11.5 Å². The van der Waals surface area contributed by atoms with Gasteiger partial charge in [0.05, 0.1) is 17.5 Å². The van der Waals surface area contributed by atoms with Gasteiger partial charge >= 0.3 is 6.18 Å². The second-order valence-corrected chi connectivity index (χ2v) is 3.93. The Hall–Kier alpha value is -1.89. The second kappa shape index (κ2) is 3.81. The molecule has 1 aliphatic rings. The van der Waals surface area contributed by atoms with Crippen LogP contribution in [0.2, 0.25) is 0 Å². The van der Waals surface area contributed by atoms with Crippen LogP contribution in [-0.4, -0.2) is 9.97 Å². The Morgan fingerprint density at radius 2 is 2.06 bits per heavy atom. The van der Waals surface area contributed by atoms with Crippen molar-refractivity contribution in [1.82, 2.24) is 15.3 Å². The van der Waals surface area contributed by atoms with Gasteiger partial charge in [-0.15, -0.1) is 0 Å². The molecule has 0 aliphatic carbocycles. The lowest BCUT2D eigenvalue weighted by Gasteiger charge is -2.11. The van der Waals surface area contributed by atoms with Gasteiger partial charge in [-0.2, -0.15) is 13.2 Å². The van der Waals surface area contributed by atoms with Crippen molar-refractivity contribution < 1.29 is 17.6 Å². The van der Waals surface area contributed by atoms with E-state index in [1.807, 2.05) is 0 Å². The summed E-state index contributed by atoms with van der Waals surface area (Å²) in [6, 6.07) is 1.53. The molecular weight excluding hydrogens is 247 g/mol. The summed E-state index contributed by atoms with van der Waals surface area (Å²) in [4.78, 5) is 7.76. The molecule has 0 radical (unpaired) electrons. The molecule has 2 aromatic rings. The number of fused-ring (bicyclic) bond motifs is 1. The van der Waals surface area contributed by atoms with Crippen LogP contribution in [-0.2, 0) is 19.3 Å². The molecule has 0 fully saturated rings. The molecule has 0 saturated carbocycles. The minimum absolute atomic E-state index is 0.0403. The van der Waals surface area contributed by atoms with Crippen LogP contribution in [0, 0.1) is 0 Å². The third-order valence-corrected chi connectivity index (χ3v) is 2.73. The molecule has 2 aromatic heterocycles. The number of aromatic nitrogens is 2. The van der Waals surface area contributed by atoms with Gasteiger partial charge in [-0.05, 0) is 6.07 Å². The Balaban J connectivity index is 2.20. The first kappa shape index (κ1) is 11.2. The monoisotopic (exact) mass is 255 g/mol. The van der Waals surface area contributed by atoms with Crippen LogP contribution in [0.3, 0.4) is 0 Å². The molecule has 0 atom stereocenters. The van der Waals surface area contributed by atoms with Crippen molar-refractivity contribution >= 4 is 0 Å². The van der Waals surface area contributed by atoms with E-state index in [9.17, 15) is 13.2 Å². The van der Waals surface area contributed by atoms with Crippen molar-refractivity contribution in [2.75, 3.05) is 0 Å². The van der Waals surface area contributed by atoms with Crippen LogP contribution in [0.4, 0.5) is 13.2 Å². The molecule has 0 spiro atoms. The fraction of sp³-hybridized carbons (Fsp3) is 0.273. The third-order valence-electron chi connectivity index (χ3n) is 2.73. The van der Waals surface area contributed by atoms with E-state index in [0.717, 1.165) is 0 Å². The molecule has 1 N–H and O–H groups in total.